The van der Waals surface area contributed by atoms with E-state index in [4.69, 9.17) is 4.74 Å². The highest BCUT2D eigenvalue weighted by Crippen LogP contribution is 2.39. The molecule has 1 aromatic carbocycles. The number of carbonyl (C=O) groups excluding carboxylic acids is 2. The summed E-state index contributed by atoms with van der Waals surface area (Å²) >= 11 is 1.13. The van der Waals surface area contributed by atoms with E-state index < -0.39 is 5.97 Å². The van der Waals surface area contributed by atoms with Crippen molar-refractivity contribution in [2.75, 3.05) is 30.5 Å². The molecule has 1 aliphatic carbocycles. The van der Waals surface area contributed by atoms with Crippen molar-refractivity contribution in [2.45, 2.75) is 32.6 Å². The van der Waals surface area contributed by atoms with Crippen LogP contribution in [0.4, 0.5) is 11.4 Å². The lowest BCUT2D eigenvalue weighted by Crippen LogP contribution is -2.40. The van der Waals surface area contributed by atoms with Crippen LogP contribution in [-0.4, -0.2) is 52.7 Å². The van der Waals surface area contributed by atoms with Crippen molar-refractivity contribution in [3.8, 4) is 10.4 Å². The van der Waals surface area contributed by atoms with Crippen LogP contribution in [0.5, 0.6) is 0 Å². The number of hydrogen-bond acceptors (Lipinski definition) is 6. The Labute approximate surface area is 220 Å². The number of ether oxygens (including phenoxy) is 1. The molecule has 2 amide bonds. The highest BCUT2D eigenvalue weighted by atomic mass is 32.1. The summed E-state index contributed by atoms with van der Waals surface area (Å²) in [4.78, 5) is 44.6. The lowest BCUT2D eigenvalue weighted by Gasteiger charge is -2.31. The van der Waals surface area contributed by atoms with Gasteiger partial charge in [0.15, 0.2) is 0 Å². The number of carboxylic acid groups (broad SMARTS) is 1. The van der Waals surface area contributed by atoms with Gasteiger partial charge in [-0.15, -0.1) is 11.3 Å². The highest BCUT2D eigenvalue weighted by molar-refractivity contribution is 7.18. The topological polar surface area (TPSA) is 114 Å². The Hall–Kier alpha value is -3.50. The summed E-state index contributed by atoms with van der Waals surface area (Å²) in [6.07, 6.45) is 6.82. The number of benzene rings is 1. The van der Waals surface area contributed by atoms with E-state index in [-0.39, 0.29) is 29.2 Å². The molecule has 2 heterocycles. The third-order valence-corrected chi connectivity index (χ3v) is 7.87. The van der Waals surface area contributed by atoms with Gasteiger partial charge in [-0.2, -0.15) is 0 Å². The Bertz CT molecular complexity index is 1260. The van der Waals surface area contributed by atoms with Crippen LogP contribution in [0.3, 0.4) is 0 Å². The van der Waals surface area contributed by atoms with Gasteiger partial charge in [0.25, 0.3) is 5.91 Å². The minimum Gasteiger partial charge on any atom is -0.477 e. The van der Waals surface area contributed by atoms with E-state index in [1.165, 1.54) is 0 Å². The van der Waals surface area contributed by atoms with Gasteiger partial charge in [-0.25, -0.2) is 9.78 Å². The second-order valence-corrected chi connectivity index (χ2v) is 10.6. The lowest BCUT2D eigenvalue weighted by atomic mass is 9.82. The molecule has 0 aliphatic heterocycles. The van der Waals surface area contributed by atoms with Gasteiger partial charge in [0, 0.05) is 43.4 Å². The average Bonchev–Trinajstić information content (AvgIpc) is 3.52. The quantitative estimate of drug-likeness (QED) is 0.411. The number of methoxy groups -OCH3 is 1. The Balaban J connectivity index is 1.58. The maximum atomic E-state index is 13.5. The molecule has 0 unspecified atom stereocenters. The number of rotatable bonds is 9. The maximum absolute atomic E-state index is 13.5. The molecule has 0 radical (unpaired) electrons. The van der Waals surface area contributed by atoms with Crippen LogP contribution in [0.25, 0.3) is 10.4 Å². The molecule has 196 valence electrons. The number of thiophene rings is 1. The third kappa shape index (κ3) is 6.26. The zero-order valence-electron chi connectivity index (χ0n) is 21.3. The van der Waals surface area contributed by atoms with Gasteiger partial charge in [-0.05, 0) is 55.4 Å². The lowest BCUT2D eigenvalue weighted by molar-refractivity contribution is -0.123. The van der Waals surface area contributed by atoms with E-state index in [2.05, 4.69) is 17.2 Å². The largest absolute Gasteiger partial charge is 0.477 e. The number of aromatic nitrogens is 2. The minimum atomic E-state index is -1.07. The Morgan fingerprint density at radius 3 is 2.49 bits per heavy atom. The molecule has 1 saturated carbocycles. The SMILES string of the molecule is COCCN(C(=O)C1CCC(C)CC1)c1cc(-c2ccc(NC(=O)c3cn(C)cn3)cc2)sc1C(=O)O. The van der Waals surface area contributed by atoms with Crippen molar-refractivity contribution in [1.29, 1.82) is 0 Å². The molecule has 37 heavy (non-hydrogen) atoms. The first-order chi connectivity index (χ1) is 17.8. The molecule has 0 bridgehead atoms. The first kappa shape index (κ1) is 26.6. The fraction of sp³-hybridized carbons (Fsp3) is 0.407. The van der Waals surface area contributed by atoms with E-state index in [0.717, 1.165) is 47.5 Å². The molecule has 0 spiro atoms. The number of nitrogens with one attached hydrogen (secondary N) is 1. The molecular weight excluding hydrogens is 492 g/mol. The number of imidazole rings is 1. The number of anilines is 2. The molecular formula is C27H32N4O5S. The zero-order valence-corrected chi connectivity index (χ0v) is 22.1. The number of aryl methyl sites for hydroxylation is 1. The minimum absolute atomic E-state index is 0.0385. The van der Waals surface area contributed by atoms with Crippen molar-refractivity contribution < 1.29 is 24.2 Å². The van der Waals surface area contributed by atoms with Gasteiger partial charge in [-0.1, -0.05) is 19.1 Å². The van der Waals surface area contributed by atoms with Crippen LogP contribution >= 0.6 is 11.3 Å². The molecule has 0 atom stereocenters. The monoisotopic (exact) mass is 524 g/mol. The van der Waals surface area contributed by atoms with Gasteiger partial charge >= 0.3 is 5.97 Å². The number of hydrogen-bond donors (Lipinski definition) is 2. The predicted octanol–water partition coefficient (Wildman–Crippen LogP) is 4.90. The van der Waals surface area contributed by atoms with Crippen molar-refractivity contribution in [2.24, 2.45) is 18.9 Å². The van der Waals surface area contributed by atoms with Gasteiger partial charge in [0.1, 0.15) is 10.6 Å². The molecule has 2 N–H and O–H groups in total. The van der Waals surface area contributed by atoms with Crippen LogP contribution in [0, 0.1) is 11.8 Å². The van der Waals surface area contributed by atoms with E-state index in [0.29, 0.717) is 29.6 Å². The van der Waals surface area contributed by atoms with Crippen LogP contribution < -0.4 is 10.2 Å². The van der Waals surface area contributed by atoms with Gasteiger partial charge in [0.2, 0.25) is 5.91 Å². The van der Waals surface area contributed by atoms with Gasteiger partial charge in [-0.3, -0.25) is 9.59 Å². The molecule has 3 aromatic rings. The fourth-order valence-corrected chi connectivity index (χ4v) is 5.59. The Morgan fingerprint density at radius 1 is 1.19 bits per heavy atom. The van der Waals surface area contributed by atoms with E-state index in [1.54, 1.807) is 54.3 Å². The summed E-state index contributed by atoms with van der Waals surface area (Å²) in [6.45, 7) is 2.80. The van der Waals surface area contributed by atoms with E-state index in [9.17, 15) is 19.5 Å². The van der Waals surface area contributed by atoms with Crippen LogP contribution in [0.15, 0.2) is 42.9 Å². The first-order valence-corrected chi connectivity index (χ1v) is 13.2. The third-order valence-electron chi connectivity index (χ3n) is 6.71. The zero-order chi connectivity index (χ0) is 26.5. The van der Waals surface area contributed by atoms with Crippen molar-refractivity contribution >= 4 is 40.5 Å². The number of carbonyl (C=O) groups is 3. The Morgan fingerprint density at radius 2 is 1.89 bits per heavy atom. The van der Waals surface area contributed by atoms with Gasteiger partial charge in [0.05, 0.1) is 18.6 Å². The highest BCUT2D eigenvalue weighted by Gasteiger charge is 2.32. The van der Waals surface area contributed by atoms with E-state index in [1.807, 2.05) is 12.1 Å². The second kappa shape index (κ2) is 11.7. The molecule has 9 nitrogen and oxygen atoms in total. The molecule has 0 saturated heterocycles. The second-order valence-electron chi connectivity index (χ2n) is 9.53. The van der Waals surface area contributed by atoms with Crippen LogP contribution in [0.1, 0.15) is 52.8 Å². The molecule has 4 rings (SSSR count). The number of nitrogens with zero attached hydrogens (tertiary/aromatic N) is 3. The number of amides is 2. The van der Waals surface area contributed by atoms with Crippen LogP contribution in [0.2, 0.25) is 0 Å². The van der Waals surface area contributed by atoms with Crippen molar-refractivity contribution in [1.82, 2.24) is 9.55 Å². The smallest absolute Gasteiger partial charge is 0.348 e. The van der Waals surface area contributed by atoms with Gasteiger partial charge < -0.3 is 24.6 Å². The molecule has 1 aliphatic rings. The summed E-state index contributed by atoms with van der Waals surface area (Å²) in [5, 5.41) is 12.8. The van der Waals surface area contributed by atoms with E-state index >= 15 is 0 Å². The Kier molecular flexibility index (Phi) is 8.40. The molecule has 2 aromatic heterocycles. The standard InChI is InChI=1S/C27H32N4O5S/c1-17-4-6-19(7-5-17)26(33)31(12-13-36-3)22-14-23(37-24(22)27(34)35)18-8-10-20(11-9-18)29-25(32)21-15-30(2)16-28-21/h8-11,14-17,19H,4-7,12-13H2,1-3H3,(H,29,32)(H,34,35). The molecule has 10 heteroatoms. The number of carboxylic acids is 1. The van der Waals surface area contributed by atoms with Crippen molar-refractivity contribution in [3.05, 3.63) is 53.4 Å². The average molecular weight is 525 g/mol. The number of aromatic carboxylic acids is 1. The predicted molar refractivity (Wildman–Crippen MR) is 143 cm³/mol. The van der Waals surface area contributed by atoms with Crippen molar-refractivity contribution in [3.63, 3.8) is 0 Å². The summed E-state index contributed by atoms with van der Waals surface area (Å²) < 4.78 is 6.94. The normalized spacial score (nSPS) is 17.4. The fourth-order valence-electron chi connectivity index (χ4n) is 4.58. The summed E-state index contributed by atoms with van der Waals surface area (Å²) in [6, 6.07) is 8.92. The first-order valence-electron chi connectivity index (χ1n) is 12.3. The van der Waals surface area contributed by atoms with Crippen LogP contribution in [-0.2, 0) is 16.6 Å². The molecule has 1 fully saturated rings. The summed E-state index contributed by atoms with van der Waals surface area (Å²) in [5.74, 6) is -0.929. The summed E-state index contributed by atoms with van der Waals surface area (Å²) in [7, 11) is 3.36. The maximum Gasteiger partial charge on any atom is 0.348 e. The summed E-state index contributed by atoms with van der Waals surface area (Å²) in [5.41, 5.74) is 2.10.